The van der Waals surface area contributed by atoms with Gasteiger partial charge in [-0.2, -0.15) is 0 Å². The second-order valence-corrected chi connectivity index (χ2v) is 10.4. The number of rotatable bonds is 6. The molecule has 1 N–H and O–H groups in total. The zero-order chi connectivity index (χ0) is 19.5. The van der Waals surface area contributed by atoms with Crippen LogP contribution >= 0.6 is 0 Å². The van der Waals surface area contributed by atoms with Gasteiger partial charge in [-0.1, -0.05) is 0 Å². The molecule has 0 aromatic heterocycles. The summed E-state index contributed by atoms with van der Waals surface area (Å²) in [5.41, 5.74) is 0.488. The fourth-order valence-corrected chi connectivity index (χ4v) is 4.59. The maximum atomic E-state index is 12.2. The molecule has 1 aromatic carbocycles. The van der Waals surface area contributed by atoms with E-state index in [1.807, 2.05) is 4.90 Å². The summed E-state index contributed by atoms with van der Waals surface area (Å²) in [7, 11) is -5.65. The van der Waals surface area contributed by atoms with E-state index in [-0.39, 0.29) is 28.3 Å². The fourth-order valence-electron chi connectivity index (χ4n) is 2.95. The smallest absolute Gasteiger partial charge is 0.246 e. The van der Waals surface area contributed by atoms with Crippen LogP contribution in [0.3, 0.4) is 0 Å². The molecule has 0 atom stereocenters. The molecule has 0 spiro atoms. The van der Waals surface area contributed by atoms with Crippen LogP contribution in [-0.2, 0) is 29.2 Å². The van der Waals surface area contributed by atoms with E-state index < -0.39 is 19.7 Å². The largest absolute Gasteiger partial charge is 0.375 e. The molecular weight excluding hydrogens is 380 g/mol. The first-order chi connectivity index (χ1) is 12.0. The third-order valence-corrected chi connectivity index (χ3v) is 6.47. The minimum atomic E-state index is -3.60. The van der Waals surface area contributed by atoms with Gasteiger partial charge in [0.2, 0.25) is 5.91 Å². The summed E-state index contributed by atoms with van der Waals surface area (Å²) in [6, 6.07) is 4.18. The molecule has 146 valence electrons. The van der Waals surface area contributed by atoms with Crippen LogP contribution in [-0.4, -0.2) is 68.1 Å². The van der Waals surface area contributed by atoms with E-state index in [2.05, 4.69) is 5.32 Å². The van der Waals surface area contributed by atoms with Crippen molar-refractivity contribution in [2.45, 2.75) is 28.7 Å². The Kier molecular flexibility index (Phi) is 6.30. The van der Waals surface area contributed by atoms with Gasteiger partial charge in [0, 0.05) is 38.8 Å². The number of hydrogen-bond acceptors (Lipinski definition) is 7. The molecule has 1 saturated heterocycles. The third-order valence-electron chi connectivity index (χ3n) is 4.24. The molecule has 1 aliphatic rings. The summed E-state index contributed by atoms with van der Waals surface area (Å²) in [6.07, 6.45) is 3.43. The van der Waals surface area contributed by atoms with Gasteiger partial charge in [-0.25, -0.2) is 16.8 Å². The minimum Gasteiger partial charge on any atom is -0.375 e. The average molecular weight is 405 g/mol. The number of nitrogens with zero attached hydrogens (tertiary/aromatic N) is 1. The molecule has 1 heterocycles. The molecule has 1 aromatic rings. The Bertz CT molecular complexity index is 872. The predicted octanol–water partition coefficient (Wildman–Crippen LogP) is 0.225. The Hall–Kier alpha value is -1.65. The Balaban J connectivity index is 2.21. The van der Waals surface area contributed by atoms with Gasteiger partial charge in [0.15, 0.2) is 19.7 Å². The van der Waals surface area contributed by atoms with Crippen LogP contribution in [0.15, 0.2) is 28.0 Å². The maximum absolute atomic E-state index is 12.2. The van der Waals surface area contributed by atoms with E-state index in [9.17, 15) is 21.6 Å². The van der Waals surface area contributed by atoms with Crippen LogP contribution in [0, 0.1) is 0 Å². The highest BCUT2D eigenvalue weighted by molar-refractivity contribution is 7.91. The summed E-state index contributed by atoms with van der Waals surface area (Å²) in [5.74, 6) is -0.180. The van der Waals surface area contributed by atoms with Crippen molar-refractivity contribution in [1.29, 1.82) is 0 Å². The molecular formula is C16H24N2O6S2. The van der Waals surface area contributed by atoms with Gasteiger partial charge in [-0.3, -0.25) is 4.79 Å². The van der Waals surface area contributed by atoms with Gasteiger partial charge in [0.25, 0.3) is 0 Å². The van der Waals surface area contributed by atoms with E-state index in [0.717, 1.165) is 12.5 Å². The lowest BCUT2D eigenvalue weighted by atomic mass is 10.0. The number of ether oxygens (including phenoxy) is 1. The molecule has 1 aliphatic heterocycles. The summed E-state index contributed by atoms with van der Waals surface area (Å²) in [4.78, 5) is 13.5. The number of benzene rings is 1. The highest BCUT2D eigenvalue weighted by Gasteiger charge is 2.26. The van der Waals surface area contributed by atoms with Gasteiger partial charge < -0.3 is 15.0 Å². The number of sulfone groups is 2. The van der Waals surface area contributed by atoms with Crippen LogP contribution in [0.2, 0.25) is 0 Å². The second-order valence-electron chi connectivity index (χ2n) is 6.44. The minimum absolute atomic E-state index is 0.00212. The number of piperidine rings is 1. The molecule has 1 amide bonds. The van der Waals surface area contributed by atoms with E-state index in [0.29, 0.717) is 31.6 Å². The lowest BCUT2D eigenvalue weighted by Gasteiger charge is -2.34. The van der Waals surface area contributed by atoms with Crippen molar-refractivity contribution in [1.82, 2.24) is 5.32 Å². The number of amides is 1. The van der Waals surface area contributed by atoms with Crippen LogP contribution in [0.5, 0.6) is 0 Å². The fraction of sp³-hybridized carbons (Fsp3) is 0.562. The Morgan fingerprint density at radius 3 is 2.27 bits per heavy atom. The van der Waals surface area contributed by atoms with Crippen LogP contribution in [0.1, 0.15) is 12.8 Å². The number of nitrogens with one attached hydrogen (secondary N) is 1. The van der Waals surface area contributed by atoms with Crippen LogP contribution in [0.4, 0.5) is 5.69 Å². The van der Waals surface area contributed by atoms with Crippen molar-refractivity contribution < 1.29 is 26.4 Å². The Morgan fingerprint density at radius 2 is 1.77 bits per heavy atom. The monoisotopic (exact) mass is 404 g/mol. The number of carbonyl (C=O) groups excluding carboxylic acids is 1. The molecule has 0 unspecified atom stereocenters. The van der Waals surface area contributed by atoms with Crippen molar-refractivity contribution >= 4 is 31.3 Å². The van der Waals surface area contributed by atoms with Gasteiger partial charge >= 0.3 is 0 Å². The molecule has 8 nitrogen and oxygen atoms in total. The zero-order valence-corrected chi connectivity index (χ0v) is 16.7. The van der Waals surface area contributed by atoms with E-state index in [1.54, 1.807) is 0 Å². The van der Waals surface area contributed by atoms with E-state index in [4.69, 9.17) is 4.74 Å². The van der Waals surface area contributed by atoms with Crippen molar-refractivity contribution in [3.05, 3.63) is 18.2 Å². The van der Waals surface area contributed by atoms with E-state index >= 15 is 0 Å². The molecule has 1 fully saturated rings. The van der Waals surface area contributed by atoms with E-state index in [1.165, 1.54) is 25.3 Å². The van der Waals surface area contributed by atoms with Gasteiger partial charge in [0.05, 0.1) is 15.5 Å². The molecule has 10 heteroatoms. The molecule has 0 bridgehead atoms. The highest BCUT2D eigenvalue weighted by Crippen LogP contribution is 2.30. The molecule has 0 radical (unpaired) electrons. The highest BCUT2D eigenvalue weighted by atomic mass is 32.2. The topological polar surface area (TPSA) is 110 Å². The number of hydrogen-bond donors (Lipinski definition) is 1. The number of anilines is 1. The molecule has 26 heavy (non-hydrogen) atoms. The quantitative estimate of drug-likeness (QED) is 0.722. The van der Waals surface area contributed by atoms with Crippen LogP contribution < -0.4 is 10.2 Å². The first-order valence-electron chi connectivity index (χ1n) is 8.10. The summed E-state index contributed by atoms with van der Waals surface area (Å²) < 4.78 is 52.6. The second kappa shape index (κ2) is 7.93. The Morgan fingerprint density at radius 1 is 1.15 bits per heavy atom. The van der Waals surface area contributed by atoms with Gasteiger partial charge in [0.1, 0.15) is 6.61 Å². The Labute approximate surface area is 154 Å². The lowest BCUT2D eigenvalue weighted by Crippen LogP contribution is -2.45. The third kappa shape index (κ3) is 5.18. The summed E-state index contributed by atoms with van der Waals surface area (Å²) >= 11 is 0. The van der Waals surface area contributed by atoms with Crippen molar-refractivity contribution in [3.63, 3.8) is 0 Å². The summed E-state index contributed by atoms with van der Waals surface area (Å²) in [5, 5.41) is 2.88. The first kappa shape index (κ1) is 20.7. The number of methoxy groups -OCH3 is 1. The normalized spacial score (nSPS) is 16.5. The SMILES string of the molecule is COCC(=O)NC1CCN(c2ccc(S(C)(=O)=O)cc2S(C)(=O)=O)CC1. The van der Waals surface area contributed by atoms with Crippen LogP contribution in [0.25, 0.3) is 0 Å². The lowest BCUT2D eigenvalue weighted by molar-refractivity contribution is -0.125. The summed E-state index contributed by atoms with van der Waals surface area (Å²) in [6.45, 7) is 1.11. The molecule has 0 aliphatic carbocycles. The zero-order valence-electron chi connectivity index (χ0n) is 15.1. The first-order valence-corrected chi connectivity index (χ1v) is 11.9. The maximum Gasteiger partial charge on any atom is 0.246 e. The van der Waals surface area contributed by atoms with Crippen molar-refractivity contribution in [3.8, 4) is 0 Å². The van der Waals surface area contributed by atoms with Gasteiger partial charge in [-0.15, -0.1) is 0 Å². The predicted molar refractivity (Wildman–Crippen MR) is 97.9 cm³/mol. The standard InChI is InChI=1S/C16H24N2O6S2/c1-24-11-16(19)17-12-6-8-18(9-7-12)14-5-4-13(25(2,20)21)10-15(14)26(3,22)23/h4-5,10,12H,6-9,11H2,1-3H3,(H,17,19). The average Bonchev–Trinajstić information content (AvgIpc) is 2.53. The van der Waals surface area contributed by atoms with Crippen molar-refractivity contribution in [2.24, 2.45) is 0 Å². The van der Waals surface area contributed by atoms with Gasteiger partial charge in [-0.05, 0) is 31.0 Å². The van der Waals surface area contributed by atoms with Crippen molar-refractivity contribution in [2.75, 3.05) is 44.2 Å². The number of carbonyl (C=O) groups is 1. The molecule has 0 saturated carbocycles. The molecule has 2 rings (SSSR count).